The van der Waals surface area contributed by atoms with Crippen LogP contribution in [0.25, 0.3) is 5.52 Å². The third-order valence-electron chi connectivity index (χ3n) is 2.85. The van der Waals surface area contributed by atoms with Crippen LogP contribution in [0.15, 0.2) is 24.5 Å². The zero-order chi connectivity index (χ0) is 9.54. The summed E-state index contributed by atoms with van der Waals surface area (Å²) in [7, 11) is 0. The van der Waals surface area contributed by atoms with Gasteiger partial charge in [-0.3, -0.25) is 0 Å². The van der Waals surface area contributed by atoms with Crippen LogP contribution in [-0.4, -0.2) is 22.5 Å². The summed E-state index contributed by atoms with van der Waals surface area (Å²) in [6.07, 6.45) is 4.11. The van der Waals surface area contributed by atoms with Gasteiger partial charge < -0.3 is 9.72 Å². The van der Waals surface area contributed by atoms with Crippen molar-refractivity contribution in [2.45, 2.75) is 12.8 Å². The molecule has 1 saturated heterocycles. The Balaban J connectivity index is 2.18. The summed E-state index contributed by atoms with van der Waals surface area (Å²) in [6, 6.07) is 4.25. The summed E-state index contributed by atoms with van der Waals surface area (Å²) in [4.78, 5) is 4.48. The molecule has 0 bridgehead atoms. The Hall–Kier alpha value is -1.35. The first-order valence-corrected chi connectivity index (χ1v) is 4.99. The molecule has 72 valence electrons. The number of nitrogens with zero attached hydrogens (tertiary/aromatic N) is 2. The van der Waals surface area contributed by atoms with Crippen LogP contribution < -0.4 is 5.32 Å². The van der Waals surface area contributed by atoms with Gasteiger partial charge in [-0.25, -0.2) is 4.98 Å². The van der Waals surface area contributed by atoms with E-state index in [0.717, 1.165) is 13.1 Å². The highest BCUT2D eigenvalue weighted by Gasteiger charge is 2.22. The van der Waals surface area contributed by atoms with Crippen LogP contribution >= 0.6 is 0 Å². The highest BCUT2D eigenvalue weighted by Crippen LogP contribution is 2.20. The smallest absolute Gasteiger partial charge is 0.118 e. The van der Waals surface area contributed by atoms with Crippen molar-refractivity contribution in [1.29, 1.82) is 0 Å². The Bertz CT molecular complexity index is 468. The highest BCUT2D eigenvalue weighted by atomic mass is 15.1. The normalized spacial score (nSPS) is 17.2. The molecule has 3 heterocycles. The van der Waals surface area contributed by atoms with Crippen molar-refractivity contribution >= 4 is 5.52 Å². The summed E-state index contributed by atoms with van der Waals surface area (Å²) in [5.41, 5.74) is 2.47. The standard InChI is InChI=1S/C11H13N3/c1-8-2-3-10-6-13-11(14(10)7-8)9-4-12-5-9/h2-3,6-7,9,12H,4-5H2,1H3. The van der Waals surface area contributed by atoms with Crippen LogP contribution in [-0.2, 0) is 0 Å². The summed E-state index contributed by atoms with van der Waals surface area (Å²) < 4.78 is 2.21. The Morgan fingerprint density at radius 3 is 3.00 bits per heavy atom. The number of pyridine rings is 1. The number of fused-ring (bicyclic) bond motifs is 1. The maximum absolute atomic E-state index is 4.48. The van der Waals surface area contributed by atoms with E-state index in [1.165, 1.54) is 16.9 Å². The molecular weight excluding hydrogens is 174 g/mol. The Kier molecular flexibility index (Phi) is 1.61. The van der Waals surface area contributed by atoms with Crippen LogP contribution in [0, 0.1) is 6.92 Å². The number of hydrogen-bond donors (Lipinski definition) is 1. The second-order valence-electron chi connectivity index (χ2n) is 3.97. The van der Waals surface area contributed by atoms with Crippen LogP contribution in [0.4, 0.5) is 0 Å². The van der Waals surface area contributed by atoms with E-state index in [-0.39, 0.29) is 0 Å². The van der Waals surface area contributed by atoms with Gasteiger partial charge in [0.25, 0.3) is 0 Å². The molecule has 0 spiro atoms. The van der Waals surface area contributed by atoms with E-state index in [4.69, 9.17) is 0 Å². The van der Waals surface area contributed by atoms with Gasteiger partial charge in [0.05, 0.1) is 11.7 Å². The molecule has 2 aromatic heterocycles. The monoisotopic (exact) mass is 187 g/mol. The summed E-state index contributed by atoms with van der Waals surface area (Å²) in [5, 5.41) is 3.28. The molecule has 1 N–H and O–H groups in total. The molecule has 0 saturated carbocycles. The van der Waals surface area contributed by atoms with Gasteiger partial charge >= 0.3 is 0 Å². The van der Waals surface area contributed by atoms with Gasteiger partial charge in [-0.2, -0.15) is 0 Å². The van der Waals surface area contributed by atoms with Gasteiger partial charge in [0.1, 0.15) is 5.82 Å². The lowest BCUT2D eigenvalue weighted by Gasteiger charge is -2.25. The molecule has 3 heteroatoms. The summed E-state index contributed by atoms with van der Waals surface area (Å²) in [6.45, 7) is 4.24. The Labute approximate surface area is 82.8 Å². The molecule has 2 aromatic rings. The largest absolute Gasteiger partial charge is 0.315 e. The van der Waals surface area contributed by atoms with Crippen molar-refractivity contribution in [3.8, 4) is 0 Å². The van der Waals surface area contributed by atoms with Crippen LogP contribution in [0.1, 0.15) is 17.3 Å². The zero-order valence-electron chi connectivity index (χ0n) is 8.20. The molecular formula is C11H13N3. The maximum Gasteiger partial charge on any atom is 0.118 e. The van der Waals surface area contributed by atoms with Gasteiger partial charge in [-0.15, -0.1) is 0 Å². The van der Waals surface area contributed by atoms with E-state index in [1.807, 2.05) is 6.20 Å². The average molecular weight is 187 g/mol. The van der Waals surface area contributed by atoms with Crippen molar-refractivity contribution in [3.63, 3.8) is 0 Å². The highest BCUT2D eigenvalue weighted by molar-refractivity contribution is 5.47. The van der Waals surface area contributed by atoms with Gasteiger partial charge in [0.15, 0.2) is 0 Å². The Morgan fingerprint density at radius 2 is 2.29 bits per heavy atom. The van der Waals surface area contributed by atoms with Crippen molar-refractivity contribution < 1.29 is 0 Å². The van der Waals surface area contributed by atoms with Gasteiger partial charge in [-0.05, 0) is 18.6 Å². The Morgan fingerprint density at radius 1 is 1.43 bits per heavy atom. The van der Waals surface area contributed by atoms with E-state index in [0.29, 0.717) is 5.92 Å². The van der Waals surface area contributed by atoms with Crippen molar-refractivity contribution in [2.75, 3.05) is 13.1 Å². The lowest BCUT2D eigenvalue weighted by molar-refractivity contribution is 0.429. The predicted molar refractivity (Wildman–Crippen MR) is 55.5 cm³/mol. The number of hydrogen-bond acceptors (Lipinski definition) is 2. The zero-order valence-corrected chi connectivity index (χ0v) is 8.20. The second-order valence-corrected chi connectivity index (χ2v) is 3.97. The third-order valence-corrected chi connectivity index (χ3v) is 2.85. The fraction of sp³-hybridized carbons (Fsp3) is 0.364. The van der Waals surface area contributed by atoms with E-state index in [9.17, 15) is 0 Å². The van der Waals surface area contributed by atoms with Gasteiger partial charge in [0.2, 0.25) is 0 Å². The number of aryl methyl sites for hydroxylation is 1. The minimum absolute atomic E-state index is 0.597. The lowest BCUT2D eigenvalue weighted by atomic mass is 10.0. The summed E-state index contributed by atoms with van der Waals surface area (Å²) >= 11 is 0. The predicted octanol–water partition coefficient (Wildman–Crippen LogP) is 1.33. The number of rotatable bonds is 1. The molecule has 1 fully saturated rings. The van der Waals surface area contributed by atoms with E-state index < -0.39 is 0 Å². The number of aromatic nitrogens is 2. The quantitative estimate of drug-likeness (QED) is 0.729. The first-order chi connectivity index (χ1) is 6.84. The minimum atomic E-state index is 0.597. The average Bonchev–Trinajstić information content (AvgIpc) is 2.46. The van der Waals surface area contributed by atoms with Gasteiger partial charge in [0, 0.05) is 25.2 Å². The van der Waals surface area contributed by atoms with Crippen molar-refractivity contribution in [2.24, 2.45) is 0 Å². The molecule has 3 rings (SSSR count). The molecule has 0 atom stereocenters. The third kappa shape index (κ3) is 1.06. The lowest BCUT2D eigenvalue weighted by Crippen LogP contribution is -2.40. The minimum Gasteiger partial charge on any atom is -0.315 e. The number of imidazole rings is 1. The topological polar surface area (TPSA) is 29.3 Å². The second kappa shape index (κ2) is 2.82. The molecule has 14 heavy (non-hydrogen) atoms. The van der Waals surface area contributed by atoms with Crippen molar-refractivity contribution in [1.82, 2.24) is 14.7 Å². The van der Waals surface area contributed by atoms with E-state index in [2.05, 4.69) is 40.0 Å². The molecule has 0 unspecified atom stereocenters. The van der Waals surface area contributed by atoms with E-state index in [1.54, 1.807) is 0 Å². The molecule has 0 aliphatic carbocycles. The molecule has 3 nitrogen and oxygen atoms in total. The maximum atomic E-state index is 4.48. The fourth-order valence-electron chi connectivity index (χ4n) is 1.89. The molecule has 0 aromatic carbocycles. The first-order valence-electron chi connectivity index (χ1n) is 4.99. The van der Waals surface area contributed by atoms with Crippen LogP contribution in [0.2, 0.25) is 0 Å². The first kappa shape index (κ1) is 8.00. The molecule has 0 amide bonds. The van der Waals surface area contributed by atoms with Crippen LogP contribution in [0.3, 0.4) is 0 Å². The van der Waals surface area contributed by atoms with Crippen molar-refractivity contribution in [3.05, 3.63) is 35.9 Å². The summed E-state index contributed by atoms with van der Waals surface area (Å²) in [5.74, 6) is 1.79. The number of nitrogens with one attached hydrogen (secondary N) is 1. The molecule has 1 aliphatic heterocycles. The fourth-order valence-corrected chi connectivity index (χ4v) is 1.89. The molecule has 1 aliphatic rings. The van der Waals surface area contributed by atoms with Gasteiger partial charge in [-0.1, -0.05) is 6.07 Å². The van der Waals surface area contributed by atoms with E-state index >= 15 is 0 Å². The SMILES string of the molecule is Cc1ccc2cnc(C3CNC3)n2c1. The molecule has 0 radical (unpaired) electrons. The van der Waals surface area contributed by atoms with Crippen LogP contribution in [0.5, 0.6) is 0 Å².